The molecule has 1 amide bonds. The zero-order chi connectivity index (χ0) is 15.0. The number of amides is 1. The highest BCUT2D eigenvalue weighted by Crippen LogP contribution is 2.47. The van der Waals surface area contributed by atoms with Gasteiger partial charge in [-0.1, -0.05) is 19.6 Å². The zero-order valence-electron chi connectivity index (χ0n) is 11.6. The smallest absolute Gasteiger partial charge is 0.355 e. The van der Waals surface area contributed by atoms with Gasteiger partial charge in [0.15, 0.2) is 0 Å². The molecule has 0 spiro atoms. The molecule has 0 aliphatic carbocycles. The Morgan fingerprint density at radius 2 is 2.25 bits per heavy atom. The number of aliphatic hydroxyl groups excluding tert-OH is 2. The number of rotatable bonds is 5. The quantitative estimate of drug-likeness (QED) is 0.415. The van der Waals surface area contributed by atoms with Gasteiger partial charge in [0.05, 0.1) is 24.7 Å². The first-order chi connectivity index (χ1) is 9.45. The number of nitrogens with zero attached hydrogens (tertiary/aromatic N) is 1. The molecule has 4 atom stereocenters. The molecule has 2 aliphatic heterocycles. The van der Waals surface area contributed by atoms with E-state index >= 15 is 0 Å². The number of aliphatic hydroxyl groups is 2. The van der Waals surface area contributed by atoms with Crippen LogP contribution >= 0.6 is 0 Å². The van der Waals surface area contributed by atoms with Gasteiger partial charge in [-0.2, -0.15) is 0 Å². The second-order valence-electron chi connectivity index (χ2n) is 5.17. The van der Waals surface area contributed by atoms with Crippen molar-refractivity contribution in [3.8, 4) is 0 Å². The molecule has 0 aromatic heterocycles. The second kappa shape index (κ2) is 5.38. The lowest BCUT2D eigenvalue weighted by atomic mass is 9.78. The predicted molar refractivity (Wildman–Crippen MR) is 70.2 cm³/mol. The van der Waals surface area contributed by atoms with E-state index in [1.807, 2.05) is 6.92 Å². The van der Waals surface area contributed by atoms with Crippen LogP contribution < -0.4 is 0 Å². The van der Waals surface area contributed by atoms with Crippen LogP contribution in [0, 0.1) is 11.8 Å². The van der Waals surface area contributed by atoms with E-state index in [9.17, 15) is 19.8 Å². The van der Waals surface area contributed by atoms with Crippen LogP contribution in [0.2, 0.25) is 0 Å². The zero-order valence-corrected chi connectivity index (χ0v) is 11.6. The minimum atomic E-state index is -0.783. The molecule has 0 aromatic rings. The van der Waals surface area contributed by atoms with E-state index in [0.29, 0.717) is 5.57 Å². The molecule has 2 aliphatic rings. The molecule has 1 fully saturated rings. The van der Waals surface area contributed by atoms with E-state index in [4.69, 9.17) is 4.74 Å². The number of ether oxygens (including phenoxy) is 1. The van der Waals surface area contributed by atoms with Crippen molar-refractivity contribution in [2.75, 3.05) is 13.2 Å². The van der Waals surface area contributed by atoms with E-state index in [-0.39, 0.29) is 36.8 Å². The molecular weight excluding hydrogens is 262 g/mol. The Morgan fingerprint density at radius 1 is 1.60 bits per heavy atom. The van der Waals surface area contributed by atoms with Gasteiger partial charge in [0.25, 0.3) is 0 Å². The maximum atomic E-state index is 12.1. The van der Waals surface area contributed by atoms with Crippen molar-refractivity contribution in [2.24, 2.45) is 11.8 Å². The lowest BCUT2D eigenvalue weighted by Crippen LogP contribution is -2.63. The van der Waals surface area contributed by atoms with Crippen LogP contribution in [-0.2, 0) is 14.3 Å². The Labute approximate surface area is 117 Å². The van der Waals surface area contributed by atoms with Crippen LogP contribution in [0.3, 0.4) is 0 Å². The second-order valence-corrected chi connectivity index (χ2v) is 5.17. The van der Waals surface area contributed by atoms with Crippen molar-refractivity contribution in [2.45, 2.75) is 26.0 Å². The normalized spacial score (nSPS) is 29.9. The van der Waals surface area contributed by atoms with Gasteiger partial charge in [-0.3, -0.25) is 4.79 Å². The van der Waals surface area contributed by atoms with E-state index in [2.05, 4.69) is 6.58 Å². The Bertz CT molecular complexity index is 482. The van der Waals surface area contributed by atoms with Crippen LogP contribution in [0.25, 0.3) is 0 Å². The highest BCUT2D eigenvalue weighted by molar-refractivity contribution is 6.00. The van der Waals surface area contributed by atoms with E-state index in [1.54, 1.807) is 6.92 Å². The van der Waals surface area contributed by atoms with Crippen LogP contribution in [0.4, 0.5) is 0 Å². The van der Waals surface area contributed by atoms with Crippen molar-refractivity contribution in [3.05, 3.63) is 23.9 Å². The molecule has 0 saturated carbocycles. The van der Waals surface area contributed by atoms with Crippen LogP contribution in [0.5, 0.6) is 0 Å². The van der Waals surface area contributed by atoms with Crippen molar-refractivity contribution >= 4 is 11.9 Å². The lowest BCUT2D eigenvalue weighted by molar-refractivity contribution is -0.164. The SMILES string of the molecule is C=CCOC(=O)C1=C(CO)[C@H](C)[C@@H]2[C@@H]([C@@H](C)O)C(=O)N12. The van der Waals surface area contributed by atoms with Crippen LogP contribution in [-0.4, -0.2) is 52.3 Å². The van der Waals surface area contributed by atoms with Crippen LogP contribution in [0.15, 0.2) is 23.9 Å². The van der Waals surface area contributed by atoms with Crippen molar-refractivity contribution in [1.82, 2.24) is 4.90 Å². The number of hydrogen-bond donors (Lipinski definition) is 2. The van der Waals surface area contributed by atoms with Gasteiger partial charge < -0.3 is 19.8 Å². The summed E-state index contributed by atoms with van der Waals surface area (Å²) in [7, 11) is 0. The van der Waals surface area contributed by atoms with Gasteiger partial charge in [0, 0.05) is 5.92 Å². The third kappa shape index (κ3) is 1.96. The molecule has 2 heterocycles. The first-order valence-electron chi connectivity index (χ1n) is 6.58. The molecule has 0 unspecified atom stereocenters. The molecular formula is C14H19NO5. The number of fused-ring (bicyclic) bond motifs is 1. The Kier molecular flexibility index (Phi) is 3.96. The number of β-lactam (4-membered cyclic amide) rings is 1. The Balaban J connectivity index is 2.30. The molecule has 0 radical (unpaired) electrons. The van der Waals surface area contributed by atoms with Crippen molar-refractivity contribution in [3.63, 3.8) is 0 Å². The molecule has 2 N–H and O–H groups in total. The first kappa shape index (κ1) is 14.7. The van der Waals surface area contributed by atoms with E-state index in [0.717, 1.165) is 0 Å². The lowest BCUT2D eigenvalue weighted by Gasteiger charge is -2.46. The van der Waals surface area contributed by atoms with Crippen molar-refractivity contribution < 1.29 is 24.5 Å². The van der Waals surface area contributed by atoms with E-state index in [1.165, 1.54) is 11.0 Å². The van der Waals surface area contributed by atoms with Gasteiger partial charge in [-0.25, -0.2) is 4.79 Å². The Hall–Kier alpha value is -1.66. The molecule has 20 heavy (non-hydrogen) atoms. The van der Waals surface area contributed by atoms with E-state index < -0.39 is 18.0 Å². The molecule has 1 saturated heterocycles. The number of carbonyl (C=O) groups excluding carboxylic acids is 2. The summed E-state index contributed by atoms with van der Waals surface area (Å²) >= 11 is 0. The maximum absolute atomic E-state index is 12.1. The van der Waals surface area contributed by atoms with Gasteiger partial charge >= 0.3 is 5.97 Å². The summed E-state index contributed by atoms with van der Waals surface area (Å²) in [5.74, 6) is -1.65. The third-order valence-electron chi connectivity index (χ3n) is 4.01. The van der Waals surface area contributed by atoms with Gasteiger partial charge in [-0.15, -0.1) is 0 Å². The number of hydrogen-bond acceptors (Lipinski definition) is 5. The van der Waals surface area contributed by atoms with Crippen LogP contribution in [0.1, 0.15) is 13.8 Å². The largest absolute Gasteiger partial charge is 0.457 e. The third-order valence-corrected chi connectivity index (χ3v) is 4.01. The molecule has 2 rings (SSSR count). The highest BCUT2D eigenvalue weighted by atomic mass is 16.5. The monoisotopic (exact) mass is 281 g/mol. The summed E-state index contributed by atoms with van der Waals surface area (Å²) in [5, 5.41) is 19.1. The maximum Gasteiger partial charge on any atom is 0.355 e. The summed E-state index contributed by atoms with van der Waals surface area (Å²) in [5.41, 5.74) is 0.606. The predicted octanol–water partition coefficient (Wildman–Crippen LogP) is -0.181. The highest BCUT2D eigenvalue weighted by Gasteiger charge is 2.59. The summed E-state index contributed by atoms with van der Waals surface area (Å²) in [6.45, 7) is 6.57. The summed E-state index contributed by atoms with van der Waals surface area (Å²) < 4.78 is 4.97. The summed E-state index contributed by atoms with van der Waals surface area (Å²) in [6, 6.07) is -0.282. The Morgan fingerprint density at radius 3 is 2.75 bits per heavy atom. The average Bonchev–Trinajstić information content (AvgIpc) is 2.64. The summed E-state index contributed by atoms with van der Waals surface area (Å²) in [6.07, 6.45) is 0.651. The average molecular weight is 281 g/mol. The molecule has 0 bridgehead atoms. The van der Waals surface area contributed by atoms with Crippen molar-refractivity contribution in [1.29, 1.82) is 0 Å². The minimum Gasteiger partial charge on any atom is -0.457 e. The standard InChI is InChI=1S/C14H19NO5/c1-4-5-20-14(19)12-9(6-16)7(2)11-10(8(3)17)13(18)15(11)12/h4,7-8,10-11,16-17H,1,5-6H2,2-3H3/t7-,8+,10+,11+/m0/s1. The molecule has 110 valence electrons. The molecule has 6 heteroatoms. The van der Waals surface area contributed by atoms with Gasteiger partial charge in [0.1, 0.15) is 12.3 Å². The summed E-state index contributed by atoms with van der Waals surface area (Å²) in [4.78, 5) is 25.5. The molecule has 0 aromatic carbocycles. The molecule has 6 nitrogen and oxygen atoms in total. The fourth-order valence-electron chi connectivity index (χ4n) is 3.05. The number of carbonyl (C=O) groups is 2. The first-order valence-corrected chi connectivity index (χ1v) is 6.58. The fourth-order valence-corrected chi connectivity index (χ4v) is 3.05. The minimum absolute atomic E-state index is 0.0436. The van der Waals surface area contributed by atoms with Gasteiger partial charge in [0.2, 0.25) is 5.91 Å². The topological polar surface area (TPSA) is 87.1 Å². The fraction of sp³-hybridized carbons (Fsp3) is 0.571. The van der Waals surface area contributed by atoms with Gasteiger partial charge in [-0.05, 0) is 12.5 Å². The number of esters is 1.